The zero-order valence-electron chi connectivity index (χ0n) is 20.3. The first kappa shape index (κ1) is 25.1. The molecule has 1 aromatic carbocycles. The van der Waals surface area contributed by atoms with Crippen molar-refractivity contribution in [3.8, 4) is 0 Å². The number of hydrogen-bond acceptors (Lipinski definition) is 8. The first-order valence-electron chi connectivity index (χ1n) is 12.0. The van der Waals surface area contributed by atoms with Crippen LogP contribution in [0.4, 0.5) is 0 Å². The molecule has 188 valence electrons. The molecule has 5 atom stereocenters. The van der Waals surface area contributed by atoms with Crippen LogP contribution < -0.4 is 5.32 Å². The number of rotatable bonds is 9. The summed E-state index contributed by atoms with van der Waals surface area (Å²) < 4.78 is 35.1. The largest absolute Gasteiger partial charge is 0.461 e. The number of carbonyl (C=O) groups is 2. The van der Waals surface area contributed by atoms with Gasteiger partial charge in [0, 0.05) is 13.0 Å². The monoisotopic (exact) mass is 477 g/mol. The van der Waals surface area contributed by atoms with Crippen molar-refractivity contribution < 1.29 is 38.0 Å². The Balaban J connectivity index is 1.18. The minimum absolute atomic E-state index is 0.216. The van der Waals surface area contributed by atoms with Crippen LogP contribution in [0.2, 0.25) is 0 Å². The van der Waals surface area contributed by atoms with Gasteiger partial charge in [-0.3, -0.25) is 9.59 Å². The molecule has 0 radical (unpaired) electrons. The second-order valence-corrected chi connectivity index (χ2v) is 9.84. The van der Waals surface area contributed by atoms with Gasteiger partial charge < -0.3 is 33.7 Å². The van der Waals surface area contributed by atoms with Crippen LogP contribution in [0.15, 0.2) is 30.3 Å². The molecule has 1 amide bonds. The summed E-state index contributed by atoms with van der Waals surface area (Å²) >= 11 is 0. The van der Waals surface area contributed by atoms with Gasteiger partial charge >= 0.3 is 5.97 Å². The van der Waals surface area contributed by atoms with Crippen LogP contribution in [0.25, 0.3) is 0 Å². The highest BCUT2D eigenvalue weighted by molar-refractivity contribution is 5.81. The predicted octanol–water partition coefficient (Wildman–Crippen LogP) is 2.80. The molecule has 0 unspecified atom stereocenters. The van der Waals surface area contributed by atoms with E-state index in [2.05, 4.69) is 5.32 Å². The highest BCUT2D eigenvalue weighted by Gasteiger charge is 2.62. The van der Waals surface area contributed by atoms with E-state index in [0.29, 0.717) is 19.4 Å². The summed E-state index contributed by atoms with van der Waals surface area (Å²) in [5.74, 6) is -2.17. The fourth-order valence-corrected chi connectivity index (χ4v) is 4.52. The minimum atomic E-state index is -0.863. The molecule has 4 rings (SSSR count). The van der Waals surface area contributed by atoms with Crippen molar-refractivity contribution in [2.75, 3.05) is 6.54 Å². The van der Waals surface area contributed by atoms with Crippen molar-refractivity contribution in [3.63, 3.8) is 0 Å². The molecule has 3 fully saturated rings. The van der Waals surface area contributed by atoms with E-state index in [1.54, 1.807) is 27.7 Å². The van der Waals surface area contributed by atoms with Gasteiger partial charge in [0.05, 0.1) is 0 Å². The number of nitrogens with one attached hydrogen (secondary N) is 1. The highest BCUT2D eigenvalue weighted by Crippen LogP contribution is 2.44. The number of amides is 1. The van der Waals surface area contributed by atoms with E-state index in [0.717, 1.165) is 18.4 Å². The molecule has 0 bridgehead atoms. The molecule has 9 nitrogen and oxygen atoms in total. The average Bonchev–Trinajstić information content (AvgIpc) is 3.28. The van der Waals surface area contributed by atoms with Gasteiger partial charge in [0.2, 0.25) is 0 Å². The van der Waals surface area contributed by atoms with E-state index in [4.69, 9.17) is 28.4 Å². The number of unbranched alkanes of at least 4 members (excludes halogenated alkanes) is 2. The van der Waals surface area contributed by atoms with Gasteiger partial charge in [-0.15, -0.1) is 0 Å². The van der Waals surface area contributed by atoms with Crippen LogP contribution in [-0.2, 0) is 44.6 Å². The van der Waals surface area contributed by atoms with Crippen LogP contribution in [0, 0.1) is 0 Å². The molecule has 3 aliphatic heterocycles. The maximum absolute atomic E-state index is 12.9. The number of carbonyl (C=O) groups excluding carboxylic acids is 2. The Bertz CT molecular complexity index is 858. The fraction of sp³-hybridized carbons (Fsp3) is 0.680. The quantitative estimate of drug-likeness (QED) is 0.428. The number of hydrogen-bond donors (Lipinski definition) is 1. The molecule has 34 heavy (non-hydrogen) atoms. The lowest BCUT2D eigenvalue weighted by atomic mass is 9.98. The lowest BCUT2D eigenvalue weighted by Gasteiger charge is -2.36. The molecule has 0 aromatic heterocycles. The second-order valence-electron chi connectivity index (χ2n) is 9.84. The smallest absolute Gasteiger partial charge is 0.306 e. The summed E-state index contributed by atoms with van der Waals surface area (Å²) in [5.41, 5.74) is 0.968. The molecule has 0 aliphatic carbocycles. The summed E-state index contributed by atoms with van der Waals surface area (Å²) in [7, 11) is 0. The van der Waals surface area contributed by atoms with Gasteiger partial charge in [-0.25, -0.2) is 0 Å². The topological polar surface area (TPSA) is 102 Å². The fourth-order valence-electron chi connectivity index (χ4n) is 4.52. The first-order chi connectivity index (χ1) is 16.1. The third kappa shape index (κ3) is 6.14. The Morgan fingerprint density at radius 3 is 2.32 bits per heavy atom. The summed E-state index contributed by atoms with van der Waals surface area (Å²) in [6.45, 7) is 7.97. The molecule has 3 aliphatic rings. The van der Waals surface area contributed by atoms with Gasteiger partial charge in [-0.2, -0.15) is 0 Å². The zero-order valence-corrected chi connectivity index (χ0v) is 20.3. The minimum Gasteiger partial charge on any atom is -0.461 e. The van der Waals surface area contributed by atoms with E-state index in [-0.39, 0.29) is 18.5 Å². The Morgan fingerprint density at radius 2 is 1.56 bits per heavy atom. The maximum atomic E-state index is 12.9. The number of benzene rings is 1. The molecule has 0 saturated carbocycles. The second kappa shape index (κ2) is 10.3. The lowest BCUT2D eigenvalue weighted by Crippen LogP contribution is -2.59. The molecule has 1 N–H and O–H groups in total. The van der Waals surface area contributed by atoms with Crippen LogP contribution in [0.3, 0.4) is 0 Å². The van der Waals surface area contributed by atoms with E-state index in [9.17, 15) is 9.59 Å². The van der Waals surface area contributed by atoms with E-state index >= 15 is 0 Å². The number of ether oxygens (including phenoxy) is 6. The SMILES string of the molecule is CC1(C)O[C@@H]2[C@@H](O1)[C@@H](C(=O)NCCCCCC(=O)OCc1ccccc1)O[C@H]1OC(C)(C)O[C@@H]12. The molecular formula is C25H35NO8. The molecular weight excluding hydrogens is 442 g/mol. The highest BCUT2D eigenvalue weighted by atomic mass is 16.9. The zero-order chi connectivity index (χ0) is 24.3. The van der Waals surface area contributed by atoms with Crippen molar-refractivity contribution in [2.24, 2.45) is 0 Å². The molecule has 3 heterocycles. The number of esters is 1. The number of fused-ring (bicyclic) bond motifs is 3. The molecule has 1 aromatic rings. The van der Waals surface area contributed by atoms with Crippen LogP contribution in [-0.4, -0.2) is 60.7 Å². The van der Waals surface area contributed by atoms with E-state index in [1.807, 2.05) is 30.3 Å². The van der Waals surface area contributed by atoms with Gasteiger partial charge in [0.15, 0.2) is 24.0 Å². The van der Waals surface area contributed by atoms with Crippen molar-refractivity contribution in [1.82, 2.24) is 5.32 Å². The summed E-state index contributed by atoms with van der Waals surface area (Å²) in [4.78, 5) is 24.8. The predicted molar refractivity (Wildman–Crippen MR) is 120 cm³/mol. The summed E-state index contributed by atoms with van der Waals surface area (Å²) in [6, 6.07) is 9.59. The van der Waals surface area contributed by atoms with Gasteiger partial charge in [0.1, 0.15) is 24.9 Å². The van der Waals surface area contributed by atoms with E-state index < -0.39 is 42.3 Å². The van der Waals surface area contributed by atoms with E-state index in [1.165, 1.54) is 0 Å². The average molecular weight is 478 g/mol. The third-order valence-corrected chi connectivity index (χ3v) is 6.01. The lowest BCUT2D eigenvalue weighted by molar-refractivity contribution is -0.231. The third-order valence-electron chi connectivity index (χ3n) is 6.01. The van der Waals surface area contributed by atoms with Crippen LogP contribution >= 0.6 is 0 Å². The maximum Gasteiger partial charge on any atom is 0.306 e. The van der Waals surface area contributed by atoms with Crippen molar-refractivity contribution >= 4 is 11.9 Å². The van der Waals surface area contributed by atoms with Crippen LogP contribution in [0.1, 0.15) is 58.9 Å². The Hall–Kier alpha value is -2.04. The van der Waals surface area contributed by atoms with Crippen LogP contribution in [0.5, 0.6) is 0 Å². The summed E-state index contributed by atoms with van der Waals surface area (Å²) in [6.07, 6.45) is -0.504. The Labute approximate surface area is 200 Å². The molecule has 9 heteroatoms. The van der Waals surface area contributed by atoms with Crippen molar-refractivity contribution in [2.45, 2.75) is 102 Å². The summed E-state index contributed by atoms with van der Waals surface area (Å²) in [5, 5.41) is 2.92. The molecule has 0 spiro atoms. The normalized spacial score (nSPS) is 30.9. The van der Waals surface area contributed by atoms with Gasteiger partial charge in [-0.1, -0.05) is 36.8 Å². The standard InChI is InChI=1S/C25H35NO8/c1-24(2)31-18-19(32-24)21-23(34-25(3,4)33-21)30-20(18)22(28)26-14-10-6-9-13-17(27)29-15-16-11-7-5-8-12-16/h5,7-8,11-12,18-21,23H,6,9-10,13-15H2,1-4H3,(H,26,28)/t18-,19-,20+,21-,23+/m1/s1. The van der Waals surface area contributed by atoms with Gasteiger partial charge in [0.25, 0.3) is 5.91 Å². The molecule has 3 saturated heterocycles. The Kier molecular flexibility index (Phi) is 7.59. The van der Waals surface area contributed by atoms with Crippen molar-refractivity contribution in [1.29, 1.82) is 0 Å². The van der Waals surface area contributed by atoms with Gasteiger partial charge in [-0.05, 0) is 46.1 Å². The Morgan fingerprint density at radius 1 is 0.882 bits per heavy atom. The first-order valence-corrected chi connectivity index (χ1v) is 12.0. The van der Waals surface area contributed by atoms with Crippen molar-refractivity contribution in [3.05, 3.63) is 35.9 Å².